The lowest BCUT2D eigenvalue weighted by Crippen LogP contribution is -2.24. The third-order valence-electron chi connectivity index (χ3n) is 4.27. The summed E-state index contributed by atoms with van der Waals surface area (Å²) >= 11 is 0. The maximum Gasteiger partial charge on any atom is 0.418 e. The summed E-state index contributed by atoms with van der Waals surface area (Å²) in [7, 11) is 1.67. The Morgan fingerprint density at radius 3 is 2.45 bits per heavy atom. The molecule has 0 aliphatic heterocycles. The van der Waals surface area contributed by atoms with Crippen LogP contribution in [-0.4, -0.2) is 9.36 Å². The van der Waals surface area contributed by atoms with E-state index in [4.69, 9.17) is 0 Å². The summed E-state index contributed by atoms with van der Waals surface area (Å²) in [5, 5.41) is 0. The van der Waals surface area contributed by atoms with Crippen LogP contribution in [0.5, 0.6) is 0 Å². The number of nitrogens with zero attached hydrogens (tertiary/aromatic N) is 2. The third kappa shape index (κ3) is 2.36. The zero-order valence-corrected chi connectivity index (χ0v) is 12.3. The topological polar surface area (TPSA) is 26.9 Å². The fraction of sp³-hybridized carbons (Fsp3) is 0.438. The Bertz CT molecular complexity index is 756. The Kier molecular flexibility index (Phi) is 3.62. The molecule has 0 saturated carbocycles. The highest BCUT2D eigenvalue weighted by molar-refractivity contribution is 5.43. The molecule has 3 rings (SSSR count). The highest BCUT2D eigenvalue weighted by Gasteiger charge is 2.35. The third-order valence-corrected chi connectivity index (χ3v) is 4.27. The summed E-state index contributed by atoms with van der Waals surface area (Å²) in [5.41, 5.74) is 0.316. The molecule has 0 saturated heterocycles. The number of alkyl halides is 3. The number of hydrogen-bond donors (Lipinski definition) is 0. The lowest BCUT2D eigenvalue weighted by Gasteiger charge is -2.15. The fourth-order valence-corrected chi connectivity index (χ4v) is 3.21. The van der Waals surface area contributed by atoms with Gasteiger partial charge in [0.25, 0.3) is 5.56 Å². The van der Waals surface area contributed by atoms with E-state index in [1.54, 1.807) is 11.7 Å². The van der Waals surface area contributed by atoms with E-state index in [0.29, 0.717) is 12.0 Å². The van der Waals surface area contributed by atoms with Crippen LogP contribution in [0.3, 0.4) is 0 Å². The largest absolute Gasteiger partial charge is 0.418 e. The van der Waals surface area contributed by atoms with E-state index in [9.17, 15) is 18.0 Å². The summed E-state index contributed by atoms with van der Waals surface area (Å²) in [5.74, 6) is 0. The smallest absolute Gasteiger partial charge is 0.285 e. The highest BCUT2D eigenvalue weighted by Crippen LogP contribution is 2.33. The molecule has 1 aliphatic rings. The molecule has 3 nitrogen and oxygen atoms in total. The van der Waals surface area contributed by atoms with Crippen molar-refractivity contribution in [2.45, 2.75) is 38.3 Å². The van der Waals surface area contributed by atoms with Crippen LogP contribution >= 0.6 is 0 Å². The first-order valence-electron chi connectivity index (χ1n) is 7.37. The molecule has 118 valence electrons. The second-order valence-electron chi connectivity index (χ2n) is 5.64. The molecule has 2 aromatic rings. The Labute approximate surface area is 126 Å². The van der Waals surface area contributed by atoms with Crippen LogP contribution in [0.2, 0.25) is 0 Å². The van der Waals surface area contributed by atoms with Crippen molar-refractivity contribution in [3.8, 4) is 5.69 Å². The molecule has 0 fully saturated rings. The van der Waals surface area contributed by atoms with Crippen molar-refractivity contribution in [1.29, 1.82) is 0 Å². The van der Waals surface area contributed by atoms with Crippen LogP contribution in [0, 0.1) is 0 Å². The van der Waals surface area contributed by atoms with Gasteiger partial charge in [-0.15, -0.1) is 0 Å². The van der Waals surface area contributed by atoms with Gasteiger partial charge in [-0.2, -0.15) is 13.2 Å². The lowest BCUT2D eigenvalue weighted by molar-refractivity contribution is -0.137. The Balaban J connectivity index is 2.25. The van der Waals surface area contributed by atoms with Gasteiger partial charge in [0.05, 0.1) is 11.3 Å². The van der Waals surface area contributed by atoms with E-state index < -0.39 is 11.7 Å². The second kappa shape index (κ2) is 5.34. The van der Waals surface area contributed by atoms with Gasteiger partial charge in [-0.25, -0.2) is 4.68 Å². The van der Waals surface area contributed by atoms with Crippen LogP contribution in [0.1, 0.15) is 36.1 Å². The SMILES string of the molecule is Cn1c2c(c(=O)n1-c1ccccc1C(F)(F)F)CCCCC2. The van der Waals surface area contributed by atoms with Gasteiger partial charge in [0.15, 0.2) is 0 Å². The van der Waals surface area contributed by atoms with E-state index in [1.807, 2.05) is 0 Å². The molecule has 0 unspecified atom stereocenters. The molecular formula is C16H17F3N2O. The summed E-state index contributed by atoms with van der Waals surface area (Å²) in [4.78, 5) is 12.6. The van der Waals surface area contributed by atoms with Gasteiger partial charge >= 0.3 is 6.18 Å². The molecule has 1 aromatic carbocycles. The number of hydrogen-bond acceptors (Lipinski definition) is 1. The molecule has 0 bridgehead atoms. The molecule has 1 heterocycles. The molecule has 0 atom stereocenters. The van der Waals surface area contributed by atoms with Crippen LogP contribution in [0.15, 0.2) is 29.1 Å². The van der Waals surface area contributed by atoms with Gasteiger partial charge < -0.3 is 0 Å². The minimum atomic E-state index is -4.49. The number of fused-ring (bicyclic) bond motifs is 1. The normalized spacial score (nSPS) is 15.5. The number of benzene rings is 1. The van der Waals surface area contributed by atoms with E-state index in [2.05, 4.69) is 0 Å². The van der Waals surface area contributed by atoms with E-state index in [1.165, 1.54) is 22.9 Å². The van der Waals surface area contributed by atoms with Crippen molar-refractivity contribution in [1.82, 2.24) is 9.36 Å². The second-order valence-corrected chi connectivity index (χ2v) is 5.64. The van der Waals surface area contributed by atoms with Crippen molar-refractivity contribution in [2.75, 3.05) is 0 Å². The molecule has 1 aromatic heterocycles. The zero-order chi connectivity index (χ0) is 15.9. The van der Waals surface area contributed by atoms with Gasteiger partial charge in [0.1, 0.15) is 0 Å². The Hall–Kier alpha value is -1.98. The molecule has 0 amide bonds. The fourth-order valence-electron chi connectivity index (χ4n) is 3.21. The summed E-state index contributed by atoms with van der Waals surface area (Å²) in [6, 6.07) is 5.23. The van der Waals surface area contributed by atoms with Crippen molar-refractivity contribution in [2.24, 2.45) is 7.05 Å². The van der Waals surface area contributed by atoms with Crippen molar-refractivity contribution in [3.63, 3.8) is 0 Å². The quantitative estimate of drug-likeness (QED) is 0.741. The predicted octanol–water partition coefficient (Wildman–Crippen LogP) is 3.46. The lowest BCUT2D eigenvalue weighted by atomic mass is 10.1. The highest BCUT2D eigenvalue weighted by atomic mass is 19.4. The van der Waals surface area contributed by atoms with Crippen LogP contribution in [-0.2, 0) is 26.1 Å². The maximum absolute atomic E-state index is 13.2. The maximum atomic E-state index is 13.2. The molecule has 0 spiro atoms. The molecule has 22 heavy (non-hydrogen) atoms. The standard InChI is InChI=1S/C16H17F3N2O/c1-20-13-9-4-2-3-7-11(13)15(22)21(20)14-10-6-5-8-12(14)16(17,18)19/h5-6,8,10H,2-4,7,9H2,1H3. The van der Waals surface area contributed by atoms with E-state index >= 15 is 0 Å². The number of halogens is 3. The van der Waals surface area contributed by atoms with Gasteiger partial charge in [-0.05, 0) is 37.8 Å². The van der Waals surface area contributed by atoms with Gasteiger partial charge in [-0.1, -0.05) is 18.6 Å². The number of aromatic nitrogens is 2. The first kappa shape index (κ1) is 14.9. The molecule has 0 N–H and O–H groups in total. The van der Waals surface area contributed by atoms with Gasteiger partial charge in [-0.3, -0.25) is 9.48 Å². The molecule has 1 aliphatic carbocycles. The van der Waals surface area contributed by atoms with Crippen molar-refractivity contribution >= 4 is 0 Å². The van der Waals surface area contributed by atoms with Gasteiger partial charge in [0, 0.05) is 18.3 Å². The molecule has 6 heteroatoms. The van der Waals surface area contributed by atoms with Crippen LogP contribution in [0.4, 0.5) is 13.2 Å². The minimum absolute atomic E-state index is 0.101. The predicted molar refractivity (Wildman–Crippen MR) is 77.3 cm³/mol. The summed E-state index contributed by atoms with van der Waals surface area (Å²) in [6.45, 7) is 0. The average molecular weight is 310 g/mol. The average Bonchev–Trinajstić information content (AvgIpc) is 2.65. The van der Waals surface area contributed by atoms with Gasteiger partial charge in [0.2, 0.25) is 0 Å². The Morgan fingerprint density at radius 2 is 1.73 bits per heavy atom. The van der Waals surface area contributed by atoms with E-state index in [0.717, 1.165) is 37.4 Å². The van der Waals surface area contributed by atoms with Crippen molar-refractivity contribution in [3.05, 3.63) is 51.4 Å². The first-order chi connectivity index (χ1) is 10.4. The van der Waals surface area contributed by atoms with Crippen molar-refractivity contribution < 1.29 is 13.2 Å². The van der Waals surface area contributed by atoms with Crippen LogP contribution < -0.4 is 5.56 Å². The molecule has 0 radical (unpaired) electrons. The zero-order valence-electron chi connectivity index (χ0n) is 12.3. The van der Waals surface area contributed by atoms with E-state index in [-0.39, 0.29) is 11.2 Å². The Morgan fingerprint density at radius 1 is 1.05 bits per heavy atom. The summed E-state index contributed by atoms with van der Waals surface area (Å²) in [6.07, 6.45) is -0.186. The minimum Gasteiger partial charge on any atom is -0.285 e. The number of rotatable bonds is 1. The number of para-hydroxylation sites is 1. The van der Waals surface area contributed by atoms with Crippen LogP contribution in [0.25, 0.3) is 5.69 Å². The molecular weight excluding hydrogens is 293 g/mol. The monoisotopic (exact) mass is 310 g/mol. The first-order valence-corrected chi connectivity index (χ1v) is 7.37. The summed E-state index contributed by atoms with van der Waals surface area (Å²) < 4.78 is 42.4.